The molecule has 0 aliphatic carbocycles. The first-order chi connectivity index (χ1) is 4.93. The van der Waals surface area contributed by atoms with Crippen LogP contribution in [0.5, 0.6) is 0 Å². The van der Waals surface area contributed by atoms with E-state index in [1.165, 1.54) is 0 Å². The van der Waals surface area contributed by atoms with Gasteiger partial charge >= 0.3 is 0 Å². The maximum atomic E-state index is 10.0. The summed E-state index contributed by atoms with van der Waals surface area (Å²) in [6.07, 6.45) is 0.833. The minimum Gasteiger partial charge on any atom is -0.298 e. The normalized spacial score (nSPS) is 7.20. The van der Waals surface area contributed by atoms with Crippen molar-refractivity contribution in [3.63, 3.8) is 0 Å². The second kappa shape index (κ2) is 5.62. The van der Waals surface area contributed by atoms with Gasteiger partial charge in [-0.2, -0.15) is 4.91 Å². The molecule has 0 spiro atoms. The lowest BCUT2D eigenvalue weighted by Gasteiger charge is -1.81. The Hall–Kier alpha value is -1.51. The van der Waals surface area contributed by atoms with Crippen LogP contribution in [0.2, 0.25) is 0 Å². The molecule has 0 saturated heterocycles. The molecule has 0 aromatic heterocycles. The highest BCUT2D eigenvalue weighted by Gasteiger charge is 1.79. The van der Waals surface area contributed by atoms with Crippen molar-refractivity contribution in [2.75, 3.05) is 0 Å². The number of rotatable bonds is 1. The lowest BCUT2D eigenvalue weighted by atomic mass is 10.2. The van der Waals surface area contributed by atoms with E-state index in [0.717, 1.165) is 11.8 Å². The molecule has 3 nitrogen and oxygen atoms in total. The third-order valence-corrected chi connectivity index (χ3v) is 0.936. The molecule has 0 heterocycles. The maximum Gasteiger partial charge on any atom is 0.150 e. The van der Waals surface area contributed by atoms with Gasteiger partial charge in [-0.1, -0.05) is 35.9 Å². The quantitative estimate of drug-likeness (QED) is 0.474. The summed E-state index contributed by atoms with van der Waals surface area (Å²) < 4.78 is 0. The standard InChI is InChI=1S/C7H6O.HNO/c8-6-7-4-2-1-3-5-7;1-2/h1-6H;1H. The number of hydrogen-bond donors (Lipinski definition) is 1. The summed E-state index contributed by atoms with van der Waals surface area (Å²) in [4.78, 5) is 17.5. The SMILES string of the molecule is N=O.O=Cc1ccccc1. The van der Waals surface area contributed by atoms with E-state index in [9.17, 15) is 4.79 Å². The predicted molar refractivity (Wildman–Crippen MR) is 37.9 cm³/mol. The summed E-state index contributed by atoms with van der Waals surface area (Å²) in [7, 11) is 0. The number of aldehydes is 1. The molecule has 0 amide bonds. The predicted octanol–water partition coefficient (Wildman–Crippen LogP) is 1.83. The van der Waals surface area contributed by atoms with Crippen LogP contribution in [0.15, 0.2) is 30.3 Å². The summed E-state index contributed by atoms with van der Waals surface area (Å²) in [6, 6.07) is 9.10. The van der Waals surface area contributed by atoms with Gasteiger partial charge in [-0.05, 0) is 0 Å². The molecule has 0 aliphatic heterocycles. The van der Waals surface area contributed by atoms with E-state index in [-0.39, 0.29) is 0 Å². The molecular formula is C7H7NO2. The third kappa shape index (κ3) is 2.71. The highest BCUT2D eigenvalue weighted by molar-refractivity contribution is 5.74. The largest absolute Gasteiger partial charge is 0.298 e. The van der Waals surface area contributed by atoms with Crippen molar-refractivity contribution in [1.29, 1.82) is 5.59 Å². The number of carbonyl (C=O) groups excluding carboxylic acids is 1. The van der Waals surface area contributed by atoms with Crippen LogP contribution in [-0.2, 0) is 0 Å². The van der Waals surface area contributed by atoms with Crippen LogP contribution in [0.25, 0.3) is 0 Å². The van der Waals surface area contributed by atoms with Crippen LogP contribution in [0.4, 0.5) is 0 Å². The Morgan fingerprint density at radius 3 is 1.90 bits per heavy atom. The number of benzene rings is 1. The van der Waals surface area contributed by atoms with Crippen molar-refractivity contribution >= 4 is 6.29 Å². The Balaban J connectivity index is 0.000000371. The maximum absolute atomic E-state index is 10.0. The van der Waals surface area contributed by atoms with Gasteiger partial charge in [0, 0.05) is 5.56 Å². The van der Waals surface area contributed by atoms with Crippen LogP contribution in [0.1, 0.15) is 10.4 Å². The highest BCUT2D eigenvalue weighted by atomic mass is 16.2. The topological polar surface area (TPSA) is 58.0 Å². The van der Waals surface area contributed by atoms with Crippen LogP contribution in [0, 0.1) is 10.5 Å². The Morgan fingerprint density at radius 1 is 1.10 bits per heavy atom. The number of hydrogen-bond acceptors (Lipinski definition) is 3. The van der Waals surface area contributed by atoms with E-state index in [0.29, 0.717) is 0 Å². The Kier molecular flexibility index (Phi) is 4.77. The first-order valence-corrected chi connectivity index (χ1v) is 2.64. The Labute approximate surface area is 58.4 Å². The van der Waals surface area contributed by atoms with Crippen molar-refractivity contribution in [3.8, 4) is 0 Å². The van der Waals surface area contributed by atoms with Gasteiger partial charge in [0.15, 0.2) is 0 Å². The molecular weight excluding hydrogens is 130 g/mol. The van der Waals surface area contributed by atoms with Crippen LogP contribution >= 0.6 is 0 Å². The van der Waals surface area contributed by atoms with Crippen molar-refractivity contribution < 1.29 is 4.79 Å². The van der Waals surface area contributed by atoms with Gasteiger partial charge in [-0.25, -0.2) is 0 Å². The first-order valence-electron chi connectivity index (χ1n) is 2.64. The molecule has 1 aromatic carbocycles. The van der Waals surface area contributed by atoms with E-state index in [4.69, 9.17) is 4.91 Å². The van der Waals surface area contributed by atoms with Gasteiger partial charge < -0.3 is 0 Å². The first kappa shape index (κ1) is 8.49. The van der Waals surface area contributed by atoms with Gasteiger partial charge in [0.1, 0.15) is 6.29 Å². The molecule has 3 heteroatoms. The Bertz CT molecular complexity index is 186. The average Bonchev–Trinajstić information content (AvgIpc) is 2.10. The van der Waals surface area contributed by atoms with Gasteiger partial charge in [0.05, 0.1) is 0 Å². The highest BCUT2D eigenvalue weighted by Crippen LogP contribution is 1.91. The second-order valence-corrected chi connectivity index (χ2v) is 1.53. The molecule has 0 unspecified atom stereocenters. The van der Waals surface area contributed by atoms with E-state index < -0.39 is 0 Å². The minimum absolute atomic E-state index is 0.729. The summed E-state index contributed by atoms with van der Waals surface area (Å²) in [6.45, 7) is 0. The molecule has 0 radical (unpaired) electrons. The third-order valence-electron chi connectivity index (χ3n) is 0.936. The molecule has 1 aromatic rings. The van der Waals surface area contributed by atoms with E-state index in [1.54, 1.807) is 12.1 Å². The van der Waals surface area contributed by atoms with Gasteiger partial charge in [0.2, 0.25) is 0 Å². The number of nitroso groups, excluding NO2 is 1. The molecule has 10 heavy (non-hydrogen) atoms. The van der Waals surface area contributed by atoms with Gasteiger partial charge in [-0.15, -0.1) is 0 Å². The zero-order valence-electron chi connectivity index (χ0n) is 5.28. The van der Waals surface area contributed by atoms with Crippen LogP contribution in [0.3, 0.4) is 0 Å². The van der Waals surface area contributed by atoms with Crippen molar-refractivity contribution in [2.45, 2.75) is 0 Å². The summed E-state index contributed by atoms with van der Waals surface area (Å²) in [5, 5.41) is 0. The number of carbonyl (C=O) groups is 1. The fourth-order valence-electron chi connectivity index (χ4n) is 0.532. The summed E-state index contributed by atoms with van der Waals surface area (Å²) in [5.41, 5.74) is 5.23. The van der Waals surface area contributed by atoms with Crippen molar-refractivity contribution in [3.05, 3.63) is 40.8 Å². The molecule has 1 N–H and O–H groups in total. The van der Waals surface area contributed by atoms with Crippen molar-refractivity contribution in [2.24, 2.45) is 0 Å². The van der Waals surface area contributed by atoms with Crippen LogP contribution < -0.4 is 0 Å². The number of nitrogens with one attached hydrogen (secondary N) is 1. The van der Waals surface area contributed by atoms with Crippen LogP contribution in [-0.4, -0.2) is 6.29 Å². The molecule has 0 saturated carbocycles. The Morgan fingerprint density at radius 2 is 1.60 bits per heavy atom. The summed E-state index contributed by atoms with van der Waals surface area (Å²) in [5.74, 6) is 0. The van der Waals surface area contributed by atoms with Crippen molar-refractivity contribution in [1.82, 2.24) is 0 Å². The lowest BCUT2D eigenvalue weighted by molar-refractivity contribution is 0.112. The molecule has 0 aliphatic rings. The molecule has 1 rings (SSSR count). The van der Waals surface area contributed by atoms with E-state index in [1.807, 2.05) is 18.2 Å². The molecule has 0 atom stereocenters. The van der Waals surface area contributed by atoms with Gasteiger partial charge in [0.25, 0.3) is 0 Å². The average molecular weight is 137 g/mol. The lowest BCUT2D eigenvalue weighted by Crippen LogP contribution is -1.73. The van der Waals surface area contributed by atoms with E-state index in [2.05, 4.69) is 5.59 Å². The fourth-order valence-corrected chi connectivity index (χ4v) is 0.532. The zero-order chi connectivity index (χ0) is 7.82. The molecule has 52 valence electrons. The van der Waals surface area contributed by atoms with Gasteiger partial charge in [-0.3, -0.25) is 4.79 Å². The fraction of sp³-hybridized carbons (Fsp3) is 0. The second-order valence-electron chi connectivity index (χ2n) is 1.53. The molecule has 0 fully saturated rings. The zero-order valence-corrected chi connectivity index (χ0v) is 5.28. The van der Waals surface area contributed by atoms with E-state index >= 15 is 0 Å². The molecule has 0 bridgehead atoms. The smallest absolute Gasteiger partial charge is 0.150 e. The minimum atomic E-state index is 0.729. The summed E-state index contributed by atoms with van der Waals surface area (Å²) >= 11 is 0. The monoisotopic (exact) mass is 137 g/mol.